The number of halogens is 4. The second kappa shape index (κ2) is 9.51. The summed E-state index contributed by atoms with van der Waals surface area (Å²) in [4.78, 5) is 19.1. The normalized spacial score (nSPS) is 16.0. The molecule has 3 aromatic rings. The first-order valence-electron chi connectivity index (χ1n) is 11.4. The predicted molar refractivity (Wildman–Crippen MR) is 123 cm³/mol. The summed E-state index contributed by atoms with van der Waals surface area (Å²) >= 11 is 0. The van der Waals surface area contributed by atoms with E-state index in [-0.39, 0.29) is 30.7 Å². The van der Waals surface area contributed by atoms with E-state index in [2.05, 4.69) is 10.3 Å². The molecule has 2 aliphatic rings. The molecule has 1 amide bonds. The van der Waals surface area contributed by atoms with Crippen LogP contribution in [0.4, 0.5) is 29.1 Å². The SMILES string of the molecule is O=C(NCC1(CO)COC1)c1c(F)ccc2c1CCN2c1cc(Cc2cc(F)c(F)c(F)c2)ccn1. The lowest BCUT2D eigenvalue weighted by Crippen LogP contribution is -2.53. The van der Waals surface area contributed by atoms with Crippen LogP contribution in [-0.2, 0) is 17.6 Å². The van der Waals surface area contributed by atoms with Crippen LogP contribution in [0.1, 0.15) is 27.0 Å². The summed E-state index contributed by atoms with van der Waals surface area (Å²) in [6.45, 7) is 1.13. The van der Waals surface area contributed by atoms with Crippen LogP contribution in [0.5, 0.6) is 0 Å². The summed E-state index contributed by atoms with van der Waals surface area (Å²) in [5.41, 5.74) is 1.55. The van der Waals surface area contributed by atoms with Gasteiger partial charge in [-0.15, -0.1) is 0 Å². The first-order chi connectivity index (χ1) is 17.3. The topological polar surface area (TPSA) is 74.7 Å². The van der Waals surface area contributed by atoms with Crippen molar-refractivity contribution in [3.05, 3.63) is 88.1 Å². The number of amides is 1. The molecule has 10 heteroatoms. The Morgan fingerprint density at radius 3 is 2.47 bits per heavy atom. The van der Waals surface area contributed by atoms with E-state index in [1.165, 1.54) is 6.07 Å². The second-order valence-corrected chi connectivity index (χ2v) is 9.23. The van der Waals surface area contributed by atoms with Gasteiger partial charge in [-0.1, -0.05) is 0 Å². The molecule has 1 aromatic heterocycles. The van der Waals surface area contributed by atoms with Gasteiger partial charge in [0, 0.05) is 25.0 Å². The lowest BCUT2D eigenvalue weighted by molar-refractivity contribution is -0.133. The molecule has 2 aliphatic heterocycles. The van der Waals surface area contributed by atoms with Crippen molar-refractivity contribution in [2.24, 2.45) is 5.41 Å². The van der Waals surface area contributed by atoms with Gasteiger partial charge in [0.2, 0.25) is 0 Å². The Morgan fingerprint density at radius 1 is 1.06 bits per heavy atom. The van der Waals surface area contributed by atoms with Crippen molar-refractivity contribution in [2.45, 2.75) is 12.8 Å². The fourth-order valence-corrected chi connectivity index (χ4v) is 4.60. The number of carbonyl (C=O) groups excluding carboxylic acids is 1. The number of rotatable bonds is 7. The maximum absolute atomic E-state index is 14.8. The summed E-state index contributed by atoms with van der Waals surface area (Å²) in [7, 11) is 0. The average Bonchev–Trinajstić information content (AvgIpc) is 3.26. The van der Waals surface area contributed by atoms with Gasteiger partial charge >= 0.3 is 0 Å². The minimum absolute atomic E-state index is 0.0447. The molecule has 1 fully saturated rings. The van der Waals surface area contributed by atoms with Crippen LogP contribution in [-0.4, -0.2) is 48.9 Å². The monoisotopic (exact) mass is 501 g/mol. The fraction of sp³-hybridized carbons (Fsp3) is 0.308. The van der Waals surface area contributed by atoms with Crippen LogP contribution in [0.2, 0.25) is 0 Å². The van der Waals surface area contributed by atoms with Crippen molar-refractivity contribution in [3.8, 4) is 0 Å². The van der Waals surface area contributed by atoms with Crippen molar-refractivity contribution in [2.75, 3.05) is 37.8 Å². The second-order valence-electron chi connectivity index (χ2n) is 9.23. The summed E-state index contributed by atoms with van der Waals surface area (Å²) in [6, 6.07) is 8.14. The molecule has 2 N–H and O–H groups in total. The summed E-state index contributed by atoms with van der Waals surface area (Å²) in [5, 5.41) is 12.3. The van der Waals surface area contributed by atoms with Crippen LogP contribution >= 0.6 is 0 Å². The molecule has 6 nitrogen and oxygen atoms in total. The predicted octanol–water partition coefficient (Wildman–Crippen LogP) is 3.66. The molecule has 0 spiro atoms. The molecule has 5 rings (SSSR count). The first-order valence-corrected chi connectivity index (χ1v) is 11.4. The smallest absolute Gasteiger partial charge is 0.254 e. The number of pyridine rings is 1. The number of fused-ring (bicyclic) bond motifs is 1. The highest BCUT2D eigenvalue weighted by molar-refractivity contribution is 5.98. The van der Waals surface area contributed by atoms with Crippen molar-refractivity contribution in [1.29, 1.82) is 0 Å². The Kier molecular flexibility index (Phi) is 6.40. The van der Waals surface area contributed by atoms with Gasteiger partial charge < -0.3 is 20.1 Å². The van der Waals surface area contributed by atoms with Crippen LogP contribution < -0.4 is 10.2 Å². The number of carbonyl (C=O) groups is 1. The molecule has 3 heterocycles. The van der Waals surface area contributed by atoms with Gasteiger partial charge in [-0.05, 0) is 65.9 Å². The summed E-state index contributed by atoms with van der Waals surface area (Å²) in [6.07, 6.45) is 2.10. The standard InChI is InChI=1S/C26H23F4N3O3/c27-18-1-2-21-17(23(18)25(35)32-11-26(12-34)13-36-14-26)4-6-33(21)22-10-15(3-5-31-22)7-16-8-19(28)24(30)20(29)9-16/h1-3,5,8-10,34H,4,6-7,11-14H2,(H,32,35). The number of nitrogens with zero attached hydrogens (tertiary/aromatic N) is 2. The third kappa shape index (κ3) is 4.42. The molecular weight excluding hydrogens is 478 g/mol. The number of benzene rings is 2. The molecule has 0 aliphatic carbocycles. The minimum Gasteiger partial charge on any atom is -0.396 e. The van der Waals surface area contributed by atoms with Crippen LogP contribution in [0.25, 0.3) is 0 Å². The van der Waals surface area contributed by atoms with Crippen LogP contribution in [0.3, 0.4) is 0 Å². The number of hydrogen-bond acceptors (Lipinski definition) is 5. The number of anilines is 2. The van der Waals surface area contributed by atoms with E-state index in [1.807, 2.05) is 4.90 Å². The van der Waals surface area contributed by atoms with Crippen LogP contribution in [0, 0.1) is 28.7 Å². The van der Waals surface area contributed by atoms with Crippen LogP contribution in [0.15, 0.2) is 42.6 Å². The highest BCUT2D eigenvalue weighted by atomic mass is 19.2. The maximum Gasteiger partial charge on any atom is 0.254 e. The zero-order chi connectivity index (χ0) is 25.4. The van der Waals surface area contributed by atoms with E-state index < -0.39 is 34.6 Å². The fourth-order valence-electron chi connectivity index (χ4n) is 4.60. The number of aliphatic hydroxyl groups is 1. The number of ether oxygens (including phenoxy) is 1. The van der Waals surface area contributed by atoms with Gasteiger partial charge in [0.1, 0.15) is 11.6 Å². The minimum atomic E-state index is -1.51. The highest BCUT2D eigenvalue weighted by Crippen LogP contribution is 2.37. The Balaban J connectivity index is 1.38. The first kappa shape index (κ1) is 24.2. The average molecular weight is 501 g/mol. The van der Waals surface area contributed by atoms with E-state index >= 15 is 0 Å². The molecule has 0 bridgehead atoms. The number of hydrogen-bond donors (Lipinski definition) is 2. The third-order valence-corrected chi connectivity index (χ3v) is 6.65. The zero-order valence-corrected chi connectivity index (χ0v) is 19.2. The van der Waals surface area contributed by atoms with Gasteiger partial charge in [0.15, 0.2) is 17.5 Å². The lowest BCUT2D eigenvalue weighted by atomic mass is 9.87. The third-order valence-electron chi connectivity index (χ3n) is 6.65. The largest absolute Gasteiger partial charge is 0.396 e. The van der Waals surface area contributed by atoms with Gasteiger partial charge in [0.25, 0.3) is 5.91 Å². The zero-order valence-electron chi connectivity index (χ0n) is 19.2. The molecule has 2 aromatic carbocycles. The molecule has 0 radical (unpaired) electrons. The van der Waals surface area contributed by atoms with Gasteiger partial charge in [0.05, 0.1) is 30.8 Å². The Morgan fingerprint density at radius 2 is 1.81 bits per heavy atom. The van der Waals surface area contributed by atoms with Gasteiger partial charge in [-0.3, -0.25) is 4.79 Å². The van der Waals surface area contributed by atoms with Crippen molar-refractivity contribution in [1.82, 2.24) is 10.3 Å². The Labute approximate surface area is 204 Å². The Hall–Kier alpha value is -3.50. The van der Waals surface area contributed by atoms with Crippen molar-refractivity contribution >= 4 is 17.4 Å². The van der Waals surface area contributed by atoms with Crippen molar-refractivity contribution in [3.63, 3.8) is 0 Å². The molecule has 1 saturated heterocycles. The van der Waals surface area contributed by atoms with E-state index in [0.29, 0.717) is 48.8 Å². The van der Waals surface area contributed by atoms with Crippen molar-refractivity contribution < 1.29 is 32.2 Å². The lowest BCUT2D eigenvalue weighted by Gasteiger charge is -2.39. The van der Waals surface area contributed by atoms with E-state index in [9.17, 15) is 27.5 Å². The maximum atomic E-state index is 14.8. The number of aliphatic hydroxyl groups excluding tert-OH is 1. The van der Waals surface area contributed by atoms with E-state index in [1.54, 1.807) is 24.4 Å². The molecule has 188 valence electrons. The summed E-state index contributed by atoms with van der Waals surface area (Å²) in [5.74, 6) is -4.70. The quantitative estimate of drug-likeness (QED) is 0.382. The molecule has 36 heavy (non-hydrogen) atoms. The Bertz CT molecular complexity index is 1300. The summed E-state index contributed by atoms with van der Waals surface area (Å²) < 4.78 is 60.4. The van der Waals surface area contributed by atoms with Gasteiger partial charge in [-0.2, -0.15) is 0 Å². The number of aromatic nitrogens is 1. The van der Waals surface area contributed by atoms with E-state index in [0.717, 1.165) is 12.1 Å². The number of nitrogens with one attached hydrogen (secondary N) is 1. The molecule has 0 saturated carbocycles. The highest BCUT2D eigenvalue weighted by Gasteiger charge is 2.39. The molecule has 0 atom stereocenters. The van der Waals surface area contributed by atoms with Gasteiger partial charge in [-0.25, -0.2) is 22.5 Å². The molecular formula is C26H23F4N3O3. The van der Waals surface area contributed by atoms with E-state index in [4.69, 9.17) is 4.74 Å². The molecule has 0 unspecified atom stereocenters.